The number of benzene rings is 3. The zero-order valence-electron chi connectivity index (χ0n) is 17.0. The van der Waals surface area contributed by atoms with Crippen molar-refractivity contribution in [2.45, 2.75) is 6.42 Å². The van der Waals surface area contributed by atoms with Crippen LogP contribution in [0.15, 0.2) is 54.6 Å². The number of ether oxygens (including phenoxy) is 2. The summed E-state index contributed by atoms with van der Waals surface area (Å²) in [5.74, 6) is -0.108. The van der Waals surface area contributed by atoms with Crippen LogP contribution in [0.1, 0.15) is 21.5 Å². The van der Waals surface area contributed by atoms with Gasteiger partial charge in [-0.3, -0.25) is 9.59 Å². The smallest absolute Gasteiger partial charge is 0.309 e. The molecule has 2 N–H and O–H groups in total. The lowest BCUT2D eigenvalue weighted by atomic mass is 10.0. The maximum Gasteiger partial charge on any atom is 0.309 e. The molecule has 0 unspecified atom stereocenters. The molecule has 0 bridgehead atoms. The summed E-state index contributed by atoms with van der Waals surface area (Å²) in [5, 5.41) is 15.4. The summed E-state index contributed by atoms with van der Waals surface area (Å²) in [4.78, 5) is 24.4. The molecular formula is C24H19N3O4. The van der Waals surface area contributed by atoms with Crippen LogP contribution in [0.2, 0.25) is 0 Å². The molecule has 0 saturated heterocycles. The molecule has 0 spiro atoms. The van der Waals surface area contributed by atoms with Crippen LogP contribution >= 0.6 is 0 Å². The van der Waals surface area contributed by atoms with Gasteiger partial charge in [0.25, 0.3) is 5.91 Å². The van der Waals surface area contributed by atoms with Crippen molar-refractivity contribution < 1.29 is 19.1 Å². The van der Waals surface area contributed by atoms with E-state index in [0.29, 0.717) is 28.3 Å². The molecule has 0 aliphatic carbocycles. The van der Waals surface area contributed by atoms with Crippen molar-refractivity contribution in [3.63, 3.8) is 0 Å². The summed E-state index contributed by atoms with van der Waals surface area (Å²) < 4.78 is 10.0. The Hall–Kier alpha value is -4.31. The van der Waals surface area contributed by atoms with E-state index in [0.717, 1.165) is 22.4 Å². The lowest BCUT2D eigenvalue weighted by Crippen LogP contribution is -2.11. The Labute approximate surface area is 179 Å². The van der Waals surface area contributed by atoms with E-state index in [9.17, 15) is 14.9 Å². The Morgan fingerprint density at radius 1 is 0.935 bits per heavy atom. The molecule has 7 heteroatoms. The van der Waals surface area contributed by atoms with Gasteiger partial charge in [0.05, 0.1) is 48.8 Å². The van der Waals surface area contributed by atoms with Crippen molar-refractivity contribution in [1.29, 1.82) is 5.26 Å². The van der Waals surface area contributed by atoms with Crippen LogP contribution < -0.4 is 15.4 Å². The lowest BCUT2D eigenvalue weighted by molar-refractivity contribution is -0.139. The van der Waals surface area contributed by atoms with E-state index in [1.807, 2.05) is 30.3 Å². The number of fused-ring (bicyclic) bond motifs is 2. The largest absolute Gasteiger partial charge is 0.495 e. The fraction of sp³-hybridized carbons (Fsp3) is 0.125. The number of amides is 1. The Morgan fingerprint density at radius 3 is 2.45 bits per heavy atom. The second-order valence-electron chi connectivity index (χ2n) is 7.00. The molecule has 1 amide bonds. The first-order valence-corrected chi connectivity index (χ1v) is 9.53. The fourth-order valence-electron chi connectivity index (χ4n) is 3.48. The highest BCUT2D eigenvalue weighted by Gasteiger charge is 2.20. The lowest BCUT2D eigenvalue weighted by Gasteiger charge is -2.12. The topological polar surface area (TPSA) is 100 Å². The van der Waals surface area contributed by atoms with Gasteiger partial charge in [0.2, 0.25) is 0 Å². The van der Waals surface area contributed by atoms with Gasteiger partial charge < -0.3 is 20.1 Å². The molecule has 31 heavy (non-hydrogen) atoms. The average Bonchev–Trinajstić information content (AvgIpc) is 2.93. The molecular weight excluding hydrogens is 394 g/mol. The van der Waals surface area contributed by atoms with E-state index in [-0.39, 0.29) is 18.3 Å². The molecule has 0 atom stereocenters. The van der Waals surface area contributed by atoms with Crippen molar-refractivity contribution in [1.82, 2.24) is 0 Å². The van der Waals surface area contributed by atoms with Crippen molar-refractivity contribution in [3.8, 4) is 22.9 Å². The number of hydrogen-bond donors (Lipinski definition) is 2. The van der Waals surface area contributed by atoms with Crippen molar-refractivity contribution >= 4 is 28.9 Å². The Kier molecular flexibility index (Phi) is 5.29. The van der Waals surface area contributed by atoms with Gasteiger partial charge in [0.15, 0.2) is 0 Å². The van der Waals surface area contributed by atoms with Crippen LogP contribution in [-0.2, 0) is 16.0 Å². The molecule has 0 saturated carbocycles. The van der Waals surface area contributed by atoms with Crippen molar-refractivity contribution in [2.24, 2.45) is 0 Å². The molecule has 3 aromatic carbocycles. The van der Waals surface area contributed by atoms with Crippen molar-refractivity contribution in [3.05, 3.63) is 71.3 Å². The van der Waals surface area contributed by atoms with Crippen LogP contribution in [0, 0.1) is 11.3 Å². The molecule has 1 aliphatic rings. The third-order valence-electron chi connectivity index (χ3n) is 5.10. The molecule has 1 aliphatic heterocycles. The first kappa shape index (κ1) is 20.0. The van der Waals surface area contributed by atoms with Gasteiger partial charge in [-0.05, 0) is 53.1 Å². The minimum absolute atomic E-state index is 0.122. The standard InChI is InChI=1S/C24H19N3O4/c1-30-22-12-16(4-5-17(22)13-25)15-6-7-18-20(11-15)26-19-8-3-14(10-23(28)31-2)9-21(19)27-24(18)29/h3-9,11-12,26H,10H2,1-2H3,(H,27,29). The first-order chi connectivity index (χ1) is 15.0. The monoisotopic (exact) mass is 413 g/mol. The van der Waals surface area contributed by atoms with Gasteiger partial charge in [-0.1, -0.05) is 18.2 Å². The molecule has 4 rings (SSSR count). The van der Waals surface area contributed by atoms with Crippen LogP contribution in [0.3, 0.4) is 0 Å². The quantitative estimate of drug-likeness (QED) is 0.620. The number of esters is 1. The van der Waals surface area contributed by atoms with Gasteiger partial charge >= 0.3 is 5.97 Å². The van der Waals surface area contributed by atoms with E-state index in [1.54, 1.807) is 24.3 Å². The van der Waals surface area contributed by atoms with E-state index in [4.69, 9.17) is 9.47 Å². The molecule has 3 aromatic rings. The average molecular weight is 413 g/mol. The third kappa shape index (κ3) is 3.91. The summed E-state index contributed by atoms with van der Waals surface area (Å²) in [7, 11) is 2.86. The van der Waals surface area contributed by atoms with Crippen LogP contribution in [-0.4, -0.2) is 26.1 Å². The number of nitrogens with zero attached hydrogens (tertiary/aromatic N) is 1. The second-order valence-corrected chi connectivity index (χ2v) is 7.00. The number of nitriles is 1. The molecule has 0 aromatic heterocycles. The number of carbonyl (C=O) groups excluding carboxylic acids is 2. The highest BCUT2D eigenvalue weighted by Crippen LogP contribution is 2.36. The molecule has 154 valence electrons. The zero-order chi connectivity index (χ0) is 22.0. The summed E-state index contributed by atoms with van der Waals surface area (Å²) in [5.41, 5.74) is 5.37. The maximum absolute atomic E-state index is 12.8. The third-order valence-corrected chi connectivity index (χ3v) is 5.10. The van der Waals surface area contributed by atoms with Crippen LogP contribution in [0.4, 0.5) is 17.1 Å². The zero-order valence-corrected chi connectivity index (χ0v) is 17.0. The summed E-state index contributed by atoms with van der Waals surface area (Å²) >= 11 is 0. The SMILES string of the molecule is COC(=O)Cc1ccc2c(c1)NC(=O)c1ccc(-c3ccc(C#N)c(OC)c3)cc1N2. The predicted molar refractivity (Wildman–Crippen MR) is 117 cm³/mol. The Morgan fingerprint density at radius 2 is 1.71 bits per heavy atom. The predicted octanol–water partition coefficient (Wildman–Crippen LogP) is 4.26. The van der Waals surface area contributed by atoms with Crippen LogP contribution in [0.25, 0.3) is 11.1 Å². The van der Waals surface area contributed by atoms with Crippen LogP contribution in [0.5, 0.6) is 5.75 Å². The molecule has 0 fully saturated rings. The molecule has 1 heterocycles. The first-order valence-electron chi connectivity index (χ1n) is 9.53. The normalized spacial score (nSPS) is 11.7. The van der Waals surface area contributed by atoms with E-state index >= 15 is 0 Å². The van der Waals surface area contributed by atoms with Gasteiger partial charge in [0.1, 0.15) is 11.8 Å². The minimum Gasteiger partial charge on any atom is -0.495 e. The maximum atomic E-state index is 12.8. The van der Waals surface area contributed by atoms with Gasteiger partial charge in [-0.15, -0.1) is 0 Å². The summed E-state index contributed by atoms with van der Waals surface area (Å²) in [6.07, 6.45) is 0.122. The van der Waals surface area contributed by atoms with E-state index in [1.165, 1.54) is 14.2 Å². The number of carbonyl (C=O) groups is 2. The van der Waals surface area contributed by atoms with Gasteiger partial charge in [-0.2, -0.15) is 5.26 Å². The molecule has 0 radical (unpaired) electrons. The summed E-state index contributed by atoms with van der Waals surface area (Å²) in [6, 6.07) is 18.3. The Bertz CT molecular complexity index is 1240. The number of nitrogens with one attached hydrogen (secondary N) is 2. The van der Waals surface area contributed by atoms with E-state index in [2.05, 4.69) is 16.7 Å². The Balaban J connectivity index is 1.71. The fourth-order valence-corrected chi connectivity index (χ4v) is 3.48. The highest BCUT2D eigenvalue weighted by atomic mass is 16.5. The number of hydrogen-bond acceptors (Lipinski definition) is 6. The molecule has 7 nitrogen and oxygen atoms in total. The number of rotatable bonds is 4. The number of anilines is 3. The minimum atomic E-state index is -0.348. The highest BCUT2D eigenvalue weighted by molar-refractivity contribution is 6.12. The number of methoxy groups -OCH3 is 2. The van der Waals surface area contributed by atoms with Gasteiger partial charge in [-0.25, -0.2) is 0 Å². The van der Waals surface area contributed by atoms with Crippen molar-refractivity contribution in [2.75, 3.05) is 24.9 Å². The summed E-state index contributed by atoms with van der Waals surface area (Å²) in [6.45, 7) is 0. The van der Waals surface area contributed by atoms with E-state index < -0.39 is 0 Å². The van der Waals surface area contributed by atoms with Gasteiger partial charge in [0, 0.05) is 0 Å². The second kappa shape index (κ2) is 8.20.